The molecule has 2 rings (SSSR count). The van der Waals surface area contributed by atoms with Crippen molar-refractivity contribution in [3.05, 3.63) is 10.6 Å². The predicted molar refractivity (Wildman–Crippen MR) is 68.3 cm³/mol. The van der Waals surface area contributed by atoms with Gasteiger partial charge in [-0.25, -0.2) is 4.98 Å². The highest BCUT2D eigenvalue weighted by Gasteiger charge is 2.46. The van der Waals surface area contributed by atoms with Crippen LogP contribution in [0.1, 0.15) is 29.8 Å². The van der Waals surface area contributed by atoms with Gasteiger partial charge in [0.1, 0.15) is 4.75 Å². The van der Waals surface area contributed by atoms with Crippen LogP contribution in [0.2, 0.25) is 0 Å². The minimum absolute atomic E-state index is 0.0515. The molecule has 1 aliphatic rings. The fourth-order valence-electron chi connectivity index (χ4n) is 1.77. The van der Waals surface area contributed by atoms with Crippen molar-refractivity contribution in [3.63, 3.8) is 0 Å². The summed E-state index contributed by atoms with van der Waals surface area (Å²) in [4.78, 5) is 26.9. The van der Waals surface area contributed by atoms with Crippen molar-refractivity contribution in [1.82, 2.24) is 4.98 Å². The first-order valence-corrected chi connectivity index (χ1v) is 7.17. The Balaban J connectivity index is 2.15. The lowest BCUT2D eigenvalue weighted by molar-refractivity contribution is -0.142. The zero-order valence-corrected chi connectivity index (χ0v) is 11.4. The van der Waals surface area contributed by atoms with Crippen molar-refractivity contribution < 1.29 is 19.8 Å². The molecule has 1 aromatic rings. The summed E-state index contributed by atoms with van der Waals surface area (Å²) >= 11 is 2.55. The molecule has 0 aliphatic heterocycles. The van der Waals surface area contributed by atoms with Crippen LogP contribution >= 0.6 is 23.1 Å². The van der Waals surface area contributed by atoms with Crippen LogP contribution in [0.3, 0.4) is 0 Å². The lowest BCUT2D eigenvalue weighted by Crippen LogP contribution is -2.41. The highest BCUT2D eigenvalue weighted by atomic mass is 32.2. The summed E-state index contributed by atoms with van der Waals surface area (Å²) in [5.41, 5.74) is 0.685. The number of aliphatic carboxylic acids is 2. The van der Waals surface area contributed by atoms with Gasteiger partial charge in [0, 0.05) is 4.88 Å². The Morgan fingerprint density at radius 2 is 2.11 bits per heavy atom. The van der Waals surface area contributed by atoms with E-state index in [0.717, 1.165) is 6.42 Å². The van der Waals surface area contributed by atoms with E-state index in [4.69, 9.17) is 5.11 Å². The van der Waals surface area contributed by atoms with Crippen molar-refractivity contribution in [2.75, 3.05) is 0 Å². The zero-order chi connectivity index (χ0) is 13.3. The second kappa shape index (κ2) is 4.89. The predicted octanol–water partition coefficient (Wildman–Crippen LogP) is 2.18. The Morgan fingerprint density at radius 3 is 2.56 bits per heavy atom. The van der Waals surface area contributed by atoms with Crippen LogP contribution in [0.15, 0.2) is 4.34 Å². The summed E-state index contributed by atoms with van der Waals surface area (Å²) in [6.45, 7) is 1.76. The highest BCUT2D eigenvalue weighted by Crippen LogP contribution is 2.49. The molecule has 1 aromatic heterocycles. The number of rotatable bonds is 5. The molecule has 0 atom stereocenters. The summed E-state index contributed by atoms with van der Waals surface area (Å²) in [5, 5.41) is 18.0. The third kappa shape index (κ3) is 2.51. The van der Waals surface area contributed by atoms with Gasteiger partial charge in [-0.15, -0.1) is 11.3 Å². The van der Waals surface area contributed by atoms with Gasteiger partial charge in [0.15, 0.2) is 4.34 Å². The van der Waals surface area contributed by atoms with E-state index in [1.807, 2.05) is 0 Å². The Kier molecular flexibility index (Phi) is 3.63. The van der Waals surface area contributed by atoms with Gasteiger partial charge in [0.05, 0.1) is 12.1 Å². The van der Waals surface area contributed by atoms with Gasteiger partial charge in [0.25, 0.3) is 0 Å². The summed E-state index contributed by atoms with van der Waals surface area (Å²) in [6, 6.07) is 0. The van der Waals surface area contributed by atoms with Crippen molar-refractivity contribution in [3.8, 4) is 0 Å². The van der Waals surface area contributed by atoms with Crippen LogP contribution < -0.4 is 0 Å². The molecule has 1 aliphatic carbocycles. The number of hydrogen-bond donors (Lipinski definition) is 2. The largest absolute Gasteiger partial charge is 0.481 e. The van der Waals surface area contributed by atoms with Gasteiger partial charge in [-0.1, -0.05) is 11.8 Å². The molecule has 1 saturated carbocycles. The first kappa shape index (κ1) is 13.4. The molecule has 2 N–H and O–H groups in total. The second-order valence-corrected chi connectivity index (χ2v) is 7.03. The molecule has 0 aromatic carbocycles. The van der Waals surface area contributed by atoms with Crippen LogP contribution in [0.4, 0.5) is 0 Å². The van der Waals surface area contributed by atoms with E-state index >= 15 is 0 Å². The summed E-state index contributed by atoms with van der Waals surface area (Å²) in [5.74, 6) is -1.69. The Bertz CT molecular complexity index is 493. The third-order valence-electron chi connectivity index (χ3n) is 3.02. The van der Waals surface area contributed by atoms with Crippen molar-refractivity contribution in [2.24, 2.45) is 0 Å². The van der Waals surface area contributed by atoms with E-state index in [1.54, 1.807) is 6.92 Å². The minimum atomic E-state index is -0.894. The van der Waals surface area contributed by atoms with Crippen molar-refractivity contribution in [2.45, 2.75) is 41.7 Å². The number of thiazole rings is 1. The number of carboxylic acid groups (broad SMARTS) is 2. The van der Waals surface area contributed by atoms with Crippen molar-refractivity contribution in [1.29, 1.82) is 0 Å². The van der Waals surface area contributed by atoms with Gasteiger partial charge in [-0.3, -0.25) is 9.59 Å². The summed E-state index contributed by atoms with van der Waals surface area (Å²) < 4.78 is -0.0871. The Labute approximate surface area is 112 Å². The molecular formula is C11H13NO4S2. The monoisotopic (exact) mass is 287 g/mol. The van der Waals surface area contributed by atoms with Crippen LogP contribution in [-0.2, 0) is 16.0 Å². The SMILES string of the molecule is Cc1nc(SC2(C(=O)O)CCC2)sc1CC(=O)O. The average molecular weight is 287 g/mol. The van der Waals surface area contributed by atoms with Crippen LogP contribution in [0.5, 0.6) is 0 Å². The molecule has 98 valence electrons. The van der Waals surface area contributed by atoms with Gasteiger partial charge in [-0.05, 0) is 26.2 Å². The molecule has 1 heterocycles. The van der Waals surface area contributed by atoms with Gasteiger partial charge in [0.2, 0.25) is 0 Å². The maximum atomic E-state index is 11.2. The fourth-order valence-corrected chi connectivity index (χ4v) is 4.60. The molecule has 5 nitrogen and oxygen atoms in total. The van der Waals surface area contributed by atoms with E-state index in [9.17, 15) is 14.7 Å². The molecule has 7 heteroatoms. The molecule has 18 heavy (non-hydrogen) atoms. The number of carboxylic acids is 2. The minimum Gasteiger partial charge on any atom is -0.481 e. The lowest BCUT2D eigenvalue weighted by Gasteiger charge is -2.35. The van der Waals surface area contributed by atoms with Gasteiger partial charge >= 0.3 is 11.9 Å². The topological polar surface area (TPSA) is 87.5 Å². The van der Waals surface area contributed by atoms with Gasteiger partial charge < -0.3 is 10.2 Å². The number of aryl methyl sites for hydroxylation is 1. The van der Waals surface area contributed by atoms with Crippen LogP contribution in [-0.4, -0.2) is 31.9 Å². The number of thioether (sulfide) groups is 1. The molecular weight excluding hydrogens is 274 g/mol. The summed E-state index contributed by atoms with van der Waals surface area (Å²) in [6.07, 6.45) is 2.18. The fraction of sp³-hybridized carbons (Fsp3) is 0.545. The van der Waals surface area contributed by atoms with E-state index in [2.05, 4.69) is 4.98 Å². The number of aromatic nitrogens is 1. The standard InChI is InChI=1S/C11H13NO4S2/c1-6-7(5-8(13)14)17-10(12-6)18-11(9(15)16)3-2-4-11/h2-5H2,1H3,(H,13,14)(H,15,16). The number of hydrogen-bond acceptors (Lipinski definition) is 5. The molecule has 0 radical (unpaired) electrons. The molecule has 1 fully saturated rings. The molecule has 0 unspecified atom stereocenters. The average Bonchev–Trinajstić information content (AvgIpc) is 2.51. The molecule has 0 saturated heterocycles. The zero-order valence-electron chi connectivity index (χ0n) is 9.80. The van der Waals surface area contributed by atoms with Gasteiger partial charge in [-0.2, -0.15) is 0 Å². The highest BCUT2D eigenvalue weighted by molar-refractivity contribution is 8.03. The Morgan fingerprint density at radius 1 is 1.44 bits per heavy atom. The number of nitrogens with zero attached hydrogens (tertiary/aromatic N) is 1. The van der Waals surface area contributed by atoms with Crippen LogP contribution in [0.25, 0.3) is 0 Å². The summed E-state index contributed by atoms with van der Waals surface area (Å²) in [7, 11) is 0. The van der Waals surface area contributed by atoms with E-state index in [-0.39, 0.29) is 6.42 Å². The molecule has 0 spiro atoms. The maximum Gasteiger partial charge on any atom is 0.320 e. The number of carbonyl (C=O) groups is 2. The van der Waals surface area contributed by atoms with E-state index in [0.29, 0.717) is 27.8 Å². The molecule has 0 amide bonds. The molecule has 0 bridgehead atoms. The lowest BCUT2D eigenvalue weighted by atomic mass is 9.84. The third-order valence-corrected chi connectivity index (χ3v) is 5.71. The first-order valence-electron chi connectivity index (χ1n) is 5.53. The maximum absolute atomic E-state index is 11.2. The first-order chi connectivity index (χ1) is 8.43. The quantitative estimate of drug-likeness (QED) is 0.863. The Hall–Kier alpha value is -1.08. The smallest absolute Gasteiger partial charge is 0.320 e. The van der Waals surface area contributed by atoms with Crippen molar-refractivity contribution >= 4 is 35.0 Å². The van der Waals surface area contributed by atoms with E-state index < -0.39 is 16.7 Å². The van der Waals surface area contributed by atoms with E-state index in [1.165, 1.54) is 23.1 Å². The second-order valence-electron chi connectivity index (χ2n) is 4.31. The normalized spacial score (nSPS) is 17.2. The van der Waals surface area contributed by atoms with Crippen LogP contribution in [0, 0.1) is 6.92 Å².